The molecule has 1 atom stereocenters. The number of aliphatic carboxylic acids is 1. The Bertz CT molecular complexity index is 576. The molecule has 0 aromatic carbocycles. The highest BCUT2D eigenvalue weighted by atomic mass is 16.4. The minimum atomic E-state index is -0.860. The van der Waals surface area contributed by atoms with Gasteiger partial charge in [-0.1, -0.05) is 0 Å². The van der Waals surface area contributed by atoms with Crippen LogP contribution in [0.25, 0.3) is 0 Å². The summed E-state index contributed by atoms with van der Waals surface area (Å²) in [6.07, 6.45) is 2.60. The summed E-state index contributed by atoms with van der Waals surface area (Å²) in [6.45, 7) is 4.10. The Morgan fingerprint density at radius 1 is 1.45 bits per heavy atom. The molecule has 6 heteroatoms. The lowest BCUT2D eigenvalue weighted by molar-refractivity contribution is -0.147. The highest BCUT2D eigenvalue weighted by molar-refractivity contribution is 5.93. The first-order valence-electron chi connectivity index (χ1n) is 6.91. The minimum absolute atomic E-state index is 0.222. The number of hydrogen-bond acceptors (Lipinski definition) is 4. The Hall–Kier alpha value is -1.85. The normalized spacial score (nSPS) is 26.0. The van der Waals surface area contributed by atoms with Crippen molar-refractivity contribution < 1.29 is 19.1 Å². The van der Waals surface area contributed by atoms with Gasteiger partial charge < -0.3 is 14.4 Å². The van der Waals surface area contributed by atoms with Crippen LogP contribution in [-0.2, 0) is 4.79 Å². The molecule has 20 heavy (non-hydrogen) atoms. The first-order valence-corrected chi connectivity index (χ1v) is 6.91. The summed E-state index contributed by atoms with van der Waals surface area (Å²) >= 11 is 0. The molecule has 6 nitrogen and oxygen atoms in total. The lowest BCUT2D eigenvalue weighted by atomic mass is 9.90. The van der Waals surface area contributed by atoms with Crippen LogP contribution in [0.15, 0.2) is 4.42 Å². The molecular formula is C14H18N2O4. The quantitative estimate of drug-likeness (QED) is 0.911. The van der Waals surface area contributed by atoms with Crippen LogP contribution in [0.5, 0.6) is 0 Å². The number of aromatic nitrogens is 1. The predicted octanol–water partition coefficient (Wildman–Crippen LogP) is 1.80. The lowest BCUT2D eigenvalue weighted by Crippen LogP contribution is -2.35. The third-order valence-electron chi connectivity index (χ3n) is 4.21. The molecule has 1 unspecified atom stereocenters. The Morgan fingerprint density at radius 3 is 2.70 bits per heavy atom. The molecule has 108 valence electrons. The highest BCUT2D eigenvalue weighted by Crippen LogP contribution is 2.40. The smallest absolute Gasteiger partial charge is 0.311 e. The summed E-state index contributed by atoms with van der Waals surface area (Å²) < 4.78 is 5.59. The third-order valence-corrected chi connectivity index (χ3v) is 4.21. The van der Waals surface area contributed by atoms with E-state index in [2.05, 4.69) is 4.98 Å². The molecule has 1 aliphatic heterocycles. The first-order chi connectivity index (χ1) is 9.40. The minimum Gasteiger partial charge on any atom is -0.481 e. The fourth-order valence-electron chi connectivity index (χ4n) is 2.57. The molecule has 1 aliphatic carbocycles. The van der Waals surface area contributed by atoms with Crippen LogP contribution in [0.3, 0.4) is 0 Å². The van der Waals surface area contributed by atoms with E-state index in [4.69, 9.17) is 4.42 Å². The van der Waals surface area contributed by atoms with Crippen molar-refractivity contribution in [3.63, 3.8) is 0 Å². The van der Waals surface area contributed by atoms with Gasteiger partial charge in [0, 0.05) is 19.0 Å². The van der Waals surface area contributed by atoms with Gasteiger partial charge in [-0.2, -0.15) is 0 Å². The van der Waals surface area contributed by atoms with E-state index < -0.39 is 11.4 Å². The molecule has 1 amide bonds. The first kappa shape index (κ1) is 13.1. The second-order valence-electron chi connectivity index (χ2n) is 6.08. The van der Waals surface area contributed by atoms with Crippen LogP contribution >= 0.6 is 0 Å². The Balaban J connectivity index is 1.78. The van der Waals surface area contributed by atoms with E-state index in [1.807, 2.05) is 0 Å². The van der Waals surface area contributed by atoms with Crippen molar-refractivity contribution in [2.24, 2.45) is 5.41 Å². The van der Waals surface area contributed by atoms with Crippen molar-refractivity contribution in [1.82, 2.24) is 9.88 Å². The zero-order valence-electron chi connectivity index (χ0n) is 11.7. The number of oxazole rings is 1. The van der Waals surface area contributed by atoms with E-state index in [0.717, 1.165) is 12.8 Å². The number of likely N-dealkylation sites (tertiary alicyclic amines) is 1. The number of carboxylic acid groups (broad SMARTS) is 1. The molecule has 1 aromatic rings. The zero-order valence-corrected chi connectivity index (χ0v) is 11.7. The topological polar surface area (TPSA) is 83.6 Å². The molecule has 0 radical (unpaired) electrons. The van der Waals surface area contributed by atoms with Crippen molar-refractivity contribution in [2.45, 2.75) is 39.0 Å². The average Bonchev–Trinajstić information content (AvgIpc) is 3.06. The van der Waals surface area contributed by atoms with E-state index >= 15 is 0 Å². The summed E-state index contributed by atoms with van der Waals surface area (Å²) in [7, 11) is 0. The molecule has 2 aliphatic rings. The second kappa shape index (κ2) is 4.33. The van der Waals surface area contributed by atoms with Gasteiger partial charge in [0.1, 0.15) is 0 Å². The maximum Gasteiger partial charge on any atom is 0.311 e. The fourth-order valence-corrected chi connectivity index (χ4v) is 2.57. The van der Waals surface area contributed by atoms with Gasteiger partial charge in [0.25, 0.3) is 5.91 Å². The fraction of sp³-hybridized carbons (Fsp3) is 0.643. The van der Waals surface area contributed by atoms with Gasteiger partial charge in [-0.3, -0.25) is 9.59 Å². The van der Waals surface area contributed by atoms with E-state index in [1.165, 1.54) is 0 Å². The number of hydrogen-bond donors (Lipinski definition) is 1. The van der Waals surface area contributed by atoms with Gasteiger partial charge >= 0.3 is 5.97 Å². The van der Waals surface area contributed by atoms with Gasteiger partial charge in [-0.05, 0) is 33.1 Å². The van der Waals surface area contributed by atoms with Crippen LogP contribution in [0.1, 0.15) is 54.2 Å². The van der Waals surface area contributed by atoms with Crippen LogP contribution < -0.4 is 0 Å². The number of amides is 1. The Kier molecular flexibility index (Phi) is 2.84. The third kappa shape index (κ3) is 2.09. The van der Waals surface area contributed by atoms with Gasteiger partial charge in [0.2, 0.25) is 5.76 Å². The number of carboxylic acids is 1. The van der Waals surface area contributed by atoms with Crippen molar-refractivity contribution in [1.29, 1.82) is 0 Å². The maximum absolute atomic E-state index is 12.4. The molecule has 2 heterocycles. The number of carbonyl (C=O) groups excluding carboxylic acids is 1. The van der Waals surface area contributed by atoms with Crippen LogP contribution in [0, 0.1) is 12.3 Å². The average molecular weight is 278 g/mol. The molecule has 1 saturated heterocycles. The summed E-state index contributed by atoms with van der Waals surface area (Å²) in [4.78, 5) is 29.5. The van der Waals surface area contributed by atoms with Crippen molar-refractivity contribution >= 4 is 11.9 Å². The van der Waals surface area contributed by atoms with Gasteiger partial charge in [-0.15, -0.1) is 0 Å². The summed E-state index contributed by atoms with van der Waals surface area (Å²) in [6, 6.07) is 0. The number of rotatable bonds is 3. The van der Waals surface area contributed by atoms with E-state index in [1.54, 1.807) is 18.7 Å². The molecule has 1 aromatic heterocycles. The molecule has 1 N–H and O–H groups in total. The molecular weight excluding hydrogens is 260 g/mol. The summed E-state index contributed by atoms with van der Waals surface area (Å²) in [5.41, 5.74) is -0.260. The molecule has 0 spiro atoms. The standard InChI is InChI=1S/C14H18N2O4/c1-8-10(20-11(15-8)9-3-4-9)12(17)16-6-5-14(2,7-16)13(18)19/h9H,3-7H2,1-2H3,(H,18,19). The van der Waals surface area contributed by atoms with Crippen LogP contribution in [-0.4, -0.2) is 40.0 Å². The predicted molar refractivity (Wildman–Crippen MR) is 69.5 cm³/mol. The Morgan fingerprint density at radius 2 is 2.15 bits per heavy atom. The highest BCUT2D eigenvalue weighted by Gasteiger charge is 2.43. The largest absolute Gasteiger partial charge is 0.481 e. The van der Waals surface area contributed by atoms with E-state index in [9.17, 15) is 14.7 Å². The van der Waals surface area contributed by atoms with Gasteiger partial charge in [-0.25, -0.2) is 4.98 Å². The summed E-state index contributed by atoms with van der Waals surface area (Å²) in [5, 5.41) is 9.21. The lowest BCUT2D eigenvalue weighted by Gasteiger charge is -2.19. The van der Waals surface area contributed by atoms with E-state index in [0.29, 0.717) is 30.5 Å². The van der Waals surface area contributed by atoms with Gasteiger partial charge in [0.15, 0.2) is 5.89 Å². The van der Waals surface area contributed by atoms with E-state index in [-0.39, 0.29) is 18.2 Å². The zero-order chi connectivity index (χ0) is 14.5. The van der Waals surface area contributed by atoms with Crippen LogP contribution in [0.4, 0.5) is 0 Å². The number of aryl methyl sites for hydroxylation is 1. The molecule has 3 rings (SSSR count). The second-order valence-corrected chi connectivity index (χ2v) is 6.08. The Labute approximate surface area is 116 Å². The molecule has 1 saturated carbocycles. The van der Waals surface area contributed by atoms with Crippen LogP contribution in [0.2, 0.25) is 0 Å². The SMILES string of the molecule is Cc1nc(C2CC2)oc1C(=O)N1CCC(C)(C(=O)O)C1. The van der Waals surface area contributed by atoms with Crippen molar-refractivity contribution in [2.75, 3.05) is 13.1 Å². The molecule has 0 bridgehead atoms. The van der Waals surface area contributed by atoms with Crippen molar-refractivity contribution in [3.8, 4) is 0 Å². The monoisotopic (exact) mass is 278 g/mol. The van der Waals surface area contributed by atoms with Crippen molar-refractivity contribution in [3.05, 3.63) is 17.3 Å². The maximum atomic E-state index is 12.4. The summed E-state index contributed by atoms with van der Waals surface area (Å²) in [5.74, 6) is 0.165. The van der Waals surface area contributed by atoms with Gasteiger partial charge in [0.05, 0.1) is 11.1 Å². The number of nitrogens with zero attached hydrogens (tertiary/aromatic N) is 2. The number of carbonyl (C=O) groups is 2. The molecule has 2 fully saturated rings.